The monoisotopic (exact) mass is 119 g/mol. The van der Waals surface area contributed by atoms with E-state index in [0.717, 1.165) is 8.73 Å². The van der Waals surface area contributed by atoms with Gasteiger partial charge in [-0.25, -0.2) is 0 Å². The third-order valence-corrected chi connectivity index (χ3v) is 1.93. The number of hydrogen-bond acceptors (Lipinski definition) is 1. The molecule has 0 spiro atoms. The molecule has 0 aliphatic carbocycles. The molecule has 1 nitrogen and oxygen atoms in total. The second-order valence-corrected chi connectivity index (χ2v) is 2.86. The molecule has 0 N–H and O–H groups in total. The van der Waals surface area contributed by atoms with E-state index in [4.69, 9.17) is 0 Å². The lowest BCUT2D eigenvalue weighted by molar-refractivity contribution is 0.552. The van der Waals surface area contributed by atoms with Gasteiger partial charge in [-0.1, -0.05) is 15.7 Å². The summed E-state index contributed by atoms with van der Waals surface area (Å²) in [7, 11) is 3.13. The van der Waals surface area contributed by atoms with Crippen molar-refractivity contribution in [2.45, 2.75) is 13.3 Å². The van der Waals surface area contributed by atoms with Gasteiger partial charge in [0, 0.05) is 6.54 Å². The minimum absolute atomic E-state index is 0.972. The van der Waals surface area contributed by atoms with Crippen LogP contribution in [0.2, 0.25) is 0 Å². The predicted octanol–water partition coefficient (Wildman–Crippen LogP) is 1.55. The van der Waals surface area contributed by atoms with Crippen molar-refractivity contribution in [1.82, 2.24) is 4.67 Å². The molecule has 0 aromatic carbocycles. The van der Waals surface area contributed by atoms with Crippen LogP contribution in [-0.2, 0) is 0 Å². The molecule has 0 radical (unpaired) electrons. The quantitative estimate of drug-likeness (QED) is 0.509. The molecule has 7 heavy (non-hydrogen) atoms. The van der Waals surface area contributed by atoms with Gasteiger partial charge in [0.25, 0.3) is 0 Å². The van der Waals surface area contributed by atoms with E-state index < -0.39 is 0 Å². The van der Waals surface area contributed by atoms with E-state index in [-0.39, 0.29) is 0 Å². The summed E-state index contributed by atoms with van der Waals surface area (Å²) in [6.07, 6.45) is 1.28. The smallest absolute Gasteiger partial charge is 0.00128 e. The van der Waals surface area contributed by atoms with Crippen LogP contribution >= 0.6 is 8.73 Å². The van der Waals surface area contributed by atoms with E-state index in [9.17, 15) is 0 Å². The van der Waals surface area contributed by atoms with Gasteiger partial charge in [-0.15, -0.1) is 0 Å². The van der Waals surface area contributed by atoms with Crippen molar-refractivity contribution in [1.29, 1.82) is 0 Å². The highest BCUT2D eigenvalue weighted by molar-refractivity contribution is 7.34. The second kappa shape index (κ2) is 4.55. The molecular weight excluding hydrogens is 105 g/mol. The van der Waals surface area contributed by atoms with Crippen LogP contribution in [0.25, 0.3) is 0 Å². The number of hydrogen-bond donors (Lipinski definition) is 0. The molecule has 0 amide bonds. The zero-order valence-electron chi connectivity index (χ0n) is 5.36. The van der Waals surface area contributed by atoms with Crippen LogP contribution in [0.4, 0.5) is 0 Å². The normalized spacial score (nSPS) is 12.0. The summed E-state index contributed by atoms with van der Waals surface area (Å²) in [5, 5.41) is 0. The van der Waals surface area contributed by atoms with Crippen molar-refractivity contribution >= 4 is 8.73 Å². The first kappa shape index (κ1) is 7.39. The standard InChI is InChI=1S/C5H14NP/c1-4-5-6(2)7-3/h7H,4-5H2,1-3H3. The molecule has 0 aliphatic rings. The van der Waals surface area contributed by atoms with Crippen molar-refractivity contribution in [3.63, 3.8) is 0 Å². The van der Waals surface area contributed by atoms with Crippen LogP contribution in [0.15, 0.2) is 0 Å². The molecule has 0 saturated carbocycles. The maximum atomic E-state index is 2.33. The molecule has 0 bridgehead atoms. The fourth-order valence-electron chi connectivity index (χ4n) is 0.447. The lowest BCUT2D eigenvalue weighted by Crippen LogP contribution is -2.06. The minimum Gasteiger partial charge on any atom is -0.288 e. The van der Waals surface area contributed by atoms with Crippen LogP contribution < -0.4 is 0 Å². The average Bonchev–Trinajstić information content (AvgIpc) is 1.68. The fourth-order valence-corrected chi connectivity index (χ4v) is 0.894. The zero-order chi connectivity index (χ0) is 5.70. The summed E-state index contributed by atoms with van der Waals surface area (Å²) >= 11 is 0. The first-order chi connectivity index (χ1) is 3.31. The second-order valence-electron chi connectivity index (χ2n) is 1.65. The molecule has 0 aromatic rings. The lowest BCUT2D eigenvalue weighted by Gasteiger charge is -2.10. The Labute approximate surface area is 47.9 Å². The minimum atomic E-state index is 0.972. The molecule has 1 atom stereocenters. The highest BCUT2D eigenvalue weighted by atomic mass is 31.1. The van der Waals surface area contributed by atoms with Gasteiger partial charge < -0.3 is 0 Å². The number of nitrogens with zero attached hydrogens (tertiary/aromatic N) is 1. The van der Waals surface area contributed by atoms with Gasteiger partial charge in [0.05, 0.1) is 0 Å². The van der Waals surface area contributed by atoms with E-state index in [1.807, 2.05) is 0 Å². The Morgan fingerprint density at radius 1 is 1.57 bits per heavy atom. The summed E-state index contributed by atoms with van der Waals surface area (Å²) in [5.74, 6) is 0. The van der Waals surface area contributed by atoms with Gasteiger partial charge in [0.1, 0.15) is 0 Å². The summed E-state index contributed by atoms with van der Waals surface area (Å²) in [4.78, 5) is 0. The largest absolute Gasteiger partial charge is 0.288 e. The zero-order valence-corrected chi connectivity index (χ0v) is 6.36. The Kier molecular flexibility index (Phi) is 4.80. The van der Waals surface area contributed by atoms with Crippen molar-refractivity contribution in [2.24, 2.45) is 0 Å². The first-order valence-electron chi connectivity index (χ1n) is 2.69. The van der Waals surface area contributed by atoms with Gasteiger partial charge >= 0.3 is 0 Å². The van der Waals surface area contributed by atoms with Gasteiger partial charge in [-0.05, 0) is 20.1 Å². The predicted molar refractivity (Wildman–Crippen MR) is 37.2 cm³/mol. The van der Waals surface area contributed by atoms with Crippen LogP contribution in [0.3, 0.4) is 0 Å². The first-order valence-corrected chi connectivity index (χ1v) is 4.14. The van der Waals surface area contributed by atoms with Gasteiger partial charge in [-0.2, -0.15) is 0 Å². The van der Waals surface area contributed by atoms with E-state index in [1.54, 1.807) is 0 Å². The van der Waals surface area contributed by atoms with Crippen LogP contribution in [0, 0.1) is 0 Å². The van der Waals surface area contributed by atoms with E-state index in [1.165, 1.54) is 13.0 Å². The molecule has 1 unspecified atom stereocenters. The van der Waals surface area contributed by atoms with Crippen LogP contribution in [-0.4, -0.2) is 24.9 Å². The van der Waals surface area contributed by atoms with Crippen molar-refractivity contribution in [3.8, 4) is 0 Å². The topological polar surface area (TPSA) is 3.24 Å². The SMILES string of the molecule is CCCN(C)PC. The lowest BCUT2D eigenvalue weighted by atomic mass is 10.5. The Hall–Kier alpha value is 0.390. The van der Waals surface area contributed by atoms with E-state index >= 15 is 0 Å². The third-order valence-electron chi connectivity index (χ3n) is 0.941. The molecule has 0 fully saturated rings. The number of rotatable bonds is 3. The maximum absolute atomic E-state index is 2.33. The van der Waals surface area contributed by atoms with Gasteiger partial charge in [0.15, 0.2) is 0 Å². The third kappa shape index (κ3) is 4.24. The molecule has 0 heterocycles. The molecule has 0 saturated heterocycles. The summed E-state index contributed by atoms with van der Waals surface area (Å²) in [6.45, 7) is 5.65. The van der Waals surface area contributed by atoms with Gasteiger partial charge in [0.2, 0.25) is 0 Å². The van der Waals surface area contributed by atoms with Crippen LogP contribution in [0.1, 0.15) is 13.3 Å². The summed E-state index contributed by atoms with van der Waals surface area (Å²) in [5.41, 5.74) is 0. The van der Waals surface area contributed by atoms with E-state index in [2.05, 4.69) is 25.3 Å². The molecular formula is C5H14NP. The van der Waals surface area contributed by atoms with Crippen molar-refractivity contribution in [2.75, 3.05) is 20.3 Å². The van der Waals surface area contributed by atoms with E-state index in [0.29, 0.717) is 0 Å². The van der Waals surface area contributed by atoms with Gasteiger partial charge in [-0.3, -0.25) is 4.67 Å². The molecule has 44 valence electrons. The summed E-state index contributed by atoms with van der Waals surface area (Å²) in [6, 6.07) is 0. The average molecular weight is 119 g/mol. The van der Waals surface area contributed by atoms with Crippen molar-refractivity contribution in [3.05, 3.63) is 0 Å². The Morgan fingerprint density at radius 2 is 2.14 bits per heavy atom. The Balaban J connectivity index is 2.83. The van der Waals surface area contributed by atoms with Crippen molar-refractivity contribution < 1.29 is 0 Å². The Bertz CT molecular complexity index is 39.1. The molecule has 0 aliphatic heterocycles. The molecule has 2 heteroatoms. The van der Waals surface area contributed by atoms with Crippen LogP contribution in [0.5, 0.6) is 0 Å². The fraction of sp³-hybridized carbons (Fsp3) is 1.00. The molecule has 0 rings (SSSR count). The Morgan fingerprint density at radius 3 is 2.29 bits per heavy atom. The molecule has 0 aromatic heterocycles. The summed E-state index contributed by atoms with van der Waals surface area (Å²) < 4.78 is 2.33. The highest BCUT2D eigenvalue weighted by Gasteiger charge is 1.86. The maximum Gasteiger partial charge on any atom is 0.00128 e. The highest BCUT2D eigenvalue weighted by Crippen LogP contribution is 2.07.